The maximum atomic E-state index is 12.4. The highest BCUT2D eigenvalue weighted by Crippen LogP contribution is 2.22. The van der Waals surface area contributed by atoms with Crippen molar-refractivity contribution < 1.29 is 9.59 Å². The van der Waals surface area contributed by atoms with Gasteiger partial charge in [-0.1, -0.05) is 12.1 Å². The van der Waals surface area contributed by atoms with Crippen LogP contribution in [0.4, 0.5) is 11.4 Å². The van der Waals surface area contributed by atoms with Crippen molar-refractivity contribution in [3.63, 3.8) is 0 Å². The SMILES string of the molecule is CN(C)c1ccc(C(=O)Nc2ccccc2C(=O)NC2CC2)cc1. The van der Waals surface area contributed by atoms with Crippen LogP contribution in [0.2, 0.25) is 0 Å². The largest absolute Gasteiger partial charge is 0.378 e. The van der Waals surface area contributed by atoms with Gasteiger partial charge in [-0.2, -0.15) is 0 Å². The number of benzene rings is 2. The molecular weight excluding hydrogens is 302 g/mol. The van der Waals surface area contributed by atoms with E-state index in [-0.39, 0.29) is 17.9 Å². The predicted molar refractivity (Wildman–Crippen MR) is 95.7 cm³/mol. The number of nitrogens with zero attached hydrogens (tertiary/aromatic N) is 1. The first-order valence-electron chi connectivity index (χ1n) is 8.03. The van der Waals surface area contributed by atoms with Crippen LogP contribution in [0.15, 0.2) is 48.5 Å². The standard InChI is InChI=1S/C19H21N3O2/c1-22(2)15-11-7-13(8-12-15)18(23)21-17-6-4-3-5-16(17)19(24)20-14-9-10-14/h3-8,11-12,14H,9-10H2,1-2H3,(H,20,24)(H,21,23). The van der Waals surface area contributed by atoms with E-state index in [9.17, 15) is 9.59 Å². The molecule has 5 nitrogen and oxygen atoms in total. The molecule has 0 aromatic heterocycles. The fraction of sp³-hybridized carbons (Fsp3) is 0.263. The van der Waals surface area contributed by atoms with Crippen LogP contribution in [-0.4, -0.2) is 32.0 Å². The van der Waals surface area contributed by atoms with Gasteiger partial charge < -0.3 is 15.5 Å². The quantitative estimate of drug-likeness (QED) is 0.889. The van der Waals surface area contributed by atoms with Crippen molar-refractivity contribution in [1.82, 2.24) is 5.32 Å². The molecule has 1 saturated carbocycles. The van der Waals surface area contributed by atoms with E-state index in [1.165, 1.54) is 0 Å². The third-order valence-electron chi connectivity index (χ3n) is 3.98. The van der Waals surface area contributed by atoms with E-state index in [1.54, 1.807) is 36.4 Å². The molecule has 0 spiro atoms. The molecule has 0 bridgehead atoms. The van der Waals surface area contributed by atoms with Gasteiger partial charge in [0.15, 0.2) is 0 Å². The van der Waals surface area contributed by atoms with E-state index < -0.39 is 0 Å². The maximum absolute atomic E-state index is 12.4. The Morgan fingerprint density at radius 2 is 1.62 bits per heavy atom. The van der Waals surface area contributed by atoms with E-state index in [1.807, 2.05) is 31.1 Å². The van der Waals surface area contributed by atoms with Crippen molar-refractivity contribution >= 4 is 23.2 Å². The summed E-state index contributed by atoms with van der Waals surface area (Å²) in [6.45, 7) is 0. The summed E-state index contributed by atoms with van der Waals surface area (Å²) in [6, 6.07) is 14.7. The highest BCUT2D eigenvalue weighted by atomic mass is 16.2. The van der Waals surface area contributed by atoms with Crippen molar-refractivity contribution in [2.45, 2.75) is 18.9 Å². The lowest BCUT2D eigenvalue weighted by molar-refractivity contribution is 0.0952. The molecule has 1 aliphatic rings. The van der Waals surface area contributed by atoms with Gasteiger partial charge in [-0.15, -0.1) is 0 Å². The van der Waals surface area contributed by atoms with Gasteiger partial charge in [-0.3, -0.25) is 9.59 Å². The van der Waals surface area contributed by atoms with Crippen LogP contribution in [0.25, 0.3) is 0 Å². The summed E-state index contributed by atoms with van der Waals surface area (Å²) in [5.74, 6) is -0.372. The highest BCUT2D eigenvalue weighted by Gasteiger charge is 2.25. The third-order valence-corrected chi connectivity index (χ3v) is 3.98. The van der Waals surface area contributed by atoms with Crippen LogP contribution in [0.1, 0.15) is 33.6 Å². The molecule has 5 heteroatoms. The molecule has 0 aliphatic heterocycles. The van der Waals surface area contributed by atoms with Crippen LogP contribution < -0.4 is 15.5 Å². The van der Waals surface area contributed by atoms with Gasteiger partial charge in [0.2, 0.25) is 0 Å². The number of carbonyl (C=O) groups excluding carboxylic acids is 2. The fourth-order valence-electron chi connectivity index (χ4n) is 2.39. The lowest BCUT2D eigenvalue weighted by Gasteiger charge is -2.13. The molecule has 2 N–H and O–H groups in total. The minimum atomic E-state index is -0.230. The molecule has 1 aliphatic carbocycles. The number of nitrogens with one attached hydrogen (secondary N) is 2. The van der Waals surface area contributed by atoms with Gasteiger partial charge in [0, 0.05) is 31.4 Å². The van der Waals surface area contributed by atoms with E-state index in [4.69, 9.17) is 0 Å². The first kappa shape index (κ1) is 16.1. The normalized spacial score (nSPS) is 13.2. The molecule has 0 radical (unpaired) electrons. The second kappa shape index (κ2) is 6.74. The zero-order chi connectivity index (χ0) is 17.1. The molecular formula is C19H21N3O2. The Balaban J connectivity index is 1.75. The van der Waals surface area contributed by atoms with Gasteiger partial charge in [0.1, 0.15) is 0 Å². The van der Waals surface area contributed by atoms with Crippen LogP contribution in [0.5, 0.6) is 0 Å². The molecule has 3 rings (SSSR count). The molecule has 2 aromatic rings. The number of anilines is 2. The minimum absolute atomic E-state index is 0.142. The first-order chi connectivity index (χ1) is 11.5. The van der Waals surface area contributed by atoms with Crippen LogP contribution in [0.3, 0.4) is 0 Å². The number of hydrogen-bond acceptors (Lipinski definition) is 3. The minimum Gasteiger partial charge on any atom is -0.378 e. The van der Waals surface area contributed by atoms with E-state index in [2.05, 4.69) is 10.6 Å². The Labute approximate surface area is 141 Å². The first-order valence-corrected chi connectivity index (χ1v) is 8.03. The zero-order valence-electron chi connectivity index (χ0n) is 13.9. The van der Waals surface area contributed by atoms with Crippen molar-refractivity contribution in [1.29, 1.82) is 0 Å². The second-order valence-electron chi connectivity index (χ2n) is 6.19. The summed E-state index contributed by atoms with van der Waals surface area (Å²) < 4.78 is 0. The molecule has 0 saturated heterocycles. The Morgan fingerprint density at radius 3 is 2.25 bits per heavy atom. The van der Waals surface area contributed by atoms with Gasteiger partial charge in [0.25, 0.3) is 11.8 Å². The molecule has 2 amide bonds. The summed E-state index contributed by atoms with van der Waals surface area (Å²) in [4.78, 5) is 26.7. The molecule has 0 heterocycles. The molecule has 0 unspecified atom stereocenters. The summed E-state index contributed by atoms with van der Waals surface area (Å²) in [5, 5.41) is 5.78. The van der Waals surface area contributed by atoms with Crippen LogP contribution in [-0.2, 0) is 0 Å². The van der Waals surface area contributed by atoms with Crippen molar-refractivity contribution in [3.8, 4) is 0 Å². The number of para-hydroxylation sites is 1. The van der Waals surface area contributed by atoms with Crippen molar-refractivity contribution in [3.05, 3.63) is 59.7 Å². The molecule has 2 aromatic carbocycles. The number of rotatable bonds is 5. The summed E-state index contributed by atoms with van der Waals surface area (Å²) in [7, 11) is 3.90. The third kappa shape index (κ3) is 3.74. The number of amides is 2. The van der Waals surface area contributed by atoms with Gasteiger partial charge >= 0.3 is 0 Å². The average Bonchev–Trinajstić information content (AvgIpc) is 3.39. The fourth-order valence-corrected chi connectivity index (χ4v) is 2.39. The van der Waals surface area contributed by atoms with Crippen LogP contribution >= 0.6 is 0 Å². The Kier molecular flexibility index (Phi) is 4.51. The molecule has 124 valence electrons. The number of hydrogen-bond donors (Lipinski definition) is 2. The van der Waals surface area contributed by atoms with Gasteiger partial charge in [0.05, 0.1) is 11.3 Å². The van der Waals surface area contributed by atoms with Crippen molar-refractivity contribution in [2.24, 2.45) is 0 Å². The molecule has 0 atom stereocenters. The summed E-state index contributed by atoms with van der Waals surface area (Å²) in [5.41, 5.74) is 2.59. The monoisotopic (exact) mass is 323 g/mol. The van der Waals surface area contributed by atoms with E-state index >= 15 is 0 Å². The topological polar surface area (TPSA) is 61.4 Å². The lowest BCUT2D eigenvalue weighted by Crippen LogP contribution is -2.27. The Bertz CT molecular complexity index is 749. The van der Waals surface area contributed by atoms with Crippen LogP contribution in [0, 0.1) is 0 Å². The smallest absolute Gasteiger partial charge is 0.255 e. The lowest BCUT2D eigenvalue weighted by atomic mass is 10.1. The average molecular weight is 323 g/mol. The summed E-state index contributed by atoms with van der Waals surface area (Å²) in [6.07, 6.45) is 2.05. The number of carbonyl (C=O) groups is 2. The summed E-state index contributed by atoms with van der Waals surface area (Å²) >= 11 is 0. The van der Waals surface area contributed by atoms with E-state index in [0.717, 1.165) is 18.5 Å². The van der Waals surface area contributed by atoms with Gasteiger partial charge in [-0.25, -0.2) is 0 Å². The Morgan fingerprint density at radius 1 is 0.958 bits per heavy atom. The molecule has 24 heavy (non-hydrogen) atoms. The second-order valence-corrected chi connectivity index (χ2v) is 6.19. The van der Waals surface area contributed by atoms with Crippen molar-refractivity contribution in [2.75, 3.05) is 24.3 Å². The van der Waals surface area contributed by atoms with E-state index in [0.29, 0.717) is 16.8 Å². The zero-order valence-corrected chi connectivity index (χ0v) is 13.9. The Hall–Kier alpha value is -2.82. The predicted octanol–water partition coefficient (Wildman–Crippen LogP) is 2.90. The van der Waals surface area contributed by atoms with Gasteiger partial charge in [-0.05, 0) is 49.2 Å². The maximum Gasteiger partial charge on any atom is 0.255 e. The molecule has 1 fully saturated rings. The highest BCUT2D eigenvalue weighted by molar-refractivity contribution is 6.09.